The Kier molecular flexibility index (Phi) is 12.0. The molecule has 178 valence electrons. The van der Waals surface area contributed by atoms with Crippen LogP contribution in [0.4, 0.5) is 0 Å². The fourth-order valence-electron chi connectivity index (χ4n) is 2.91. The SMILES string of the molecule is CC(C)C(N)C(=O)NCC(=O)NC(Cc1ccccc1)C(=O)NC(CCCCN)C(=O)O. The third kappa shape index (κ3) is 9.88. The number of carbonyl (C=O) groups is 4. The third-order valence-electron chi connectivity index (χ3n) is 4.94. The van der Waals surface area contributed by atoms with Crippen LogP contribution in [0.5, 0.6) is 0 Å². The summed E-state index contributed by atoms with van der Waals surface area (Å²) >= 11 is 0. The van der Waals surface area contributed by atoms with E-state index in [1.54, 1.807) is 38.1 Å². The summed E-state index contributed by atoms with van der Waals surface area (Å²) in [7, 11) is 0. The van der Waals surface area contributed by atoms with Crippen molar-refractivity contribution < 1.29 is 24.3 Å². The van der Waals surface area contributed by atoms with E-state index in [0.29, 0.717) is 19.4 Å². The molecule has 0 bridgehead atoms. The van der Waals surface area contributed by atoms with Crippen LogP contribution in [-0.4, -0.2) is 60.0 Å². The molecule has 1 aromatic carbocycles. The number of hydrogen-bond acceptors (Lipinski definition) is 6. The summed E-state index contributed by atoms with van der Waals surface area (Å²) in [6.45, 7) is 3.66. The van der Waals surface area contributed by atoms with Crippen LogP contribution in [0.2, 0.25) is 0 Å². The van der Waals surface area contributed by atoms with E-state index in [2.05, 4.69) is 16.0 Å². The Bertz CT molecular complexity index is 756. The van der Waals surface area contributed by atoms with Crippen molar-refractivity contribution >= 4 is 23.7 Å². The zero-order chi connectivity index (χ0) is 24.1. The molecular formula is C22H35N5O5. The fourth-order valence-corrected chi connectivity index (χ4v) is 2.91. The maximum Gasteiger partial charge on any atom is 0.326 e. The number of aliphatic carboxylic acids is 1. The molecule has 0 aliphatic carbocycles. The van der Waals surface area contributed by atoms with Crippen molar-refractivity contribution in [2.45, 2.75) is 57.7 Å². The van der Waals surface area contributed by atoms with Gasteiger partial charge in [-0.2, -0.15) is 0 Å². The normalized spacial score (nSPS) is 13.7. The van der Waals surface area contributed by atoms with Gasteiger partial charge in [0.1, 0.15) is 12.1 Å². The van der Waals surface area contributed by atoms with Crippen LogP contribution in [-0.2, 0) is 25.6 Å². The van der Waals surface area contributed by atoms with Gasteiger partial charge in [-0.3, -0.25) is 14.4 Å². The van der Waals surface area contributed by atoms with E-state index in [1.165, 1.54) is 0 Å². The van der Waals surface area contributed by atoms with Crippen molar-refractivity contribution in [3.8, 4) is 0 Å². The molecule has 3 amide bonds. The molecule has 3 atom stereocenters. The molecular weight excluding hydrogens is 414 g/mol. The molecule has 3 unspecified atom stereocenters. The van der Waals surface area contributed by atoms with Gasteiger partial charge in [0.25, 0.3) is 0 Å². The summed E-state index contributed by atoms with van der Waals surface area (Å²) < 4.78 is 0. The lowest BCUT2D eigenvalue weighted by molar-refractivity contribution is -0.142. The molecule has 0 spiro atoms. The van der Waals surface area contributed by atoms with Gasteiger partial charge in [0.2, 0.25) is 17.7 Å². The zero-order valence-electron chi connectivity index (χ0n) is 18.7. The first-order valence-corrected chi connectivity index (χ1v) is 10.8. The Balaban J connectivity index is 2.83. The predicted octanol–water partition coefficient (Wildman–Crippen LogP) is -0.488. The molecule has 1 aromatic rings. The van der Waals surface area contributed by atoms with E-state index >= 15 is 0 Å². The van der Waals surface area contributed by atoms with Gasteiger partial charge in [0, 0.05) is 6.42 Å². The minimum Gasteiger partial charge on any atom is -0.480 e. The highest BCUT2D eigenvalue weighted by Crippen LogP contribution is 2.06. The number of carbonyl (C=O) groups excluding carboxylic acids is 3. The predicted molar refractivity (Wildman–Crippen MR) is 120 cm³/mol. The number of nitrogens with two attached hydrogens (primary N) is 2. The van der Waals surface area contributed by atoms with E-state index in [0.717, 1.165) is 5.56 Å². The van der Waals surface area contributed by atoms with Crippen LogP contribution in [0.3, 0.4) is 0 Å². The van der Waals surface area contributed by atoms with Crippen LogP contribution in [0, 0.1) is 5.92 Å². The second kappa shape index (κ2) is 14.2. The van der Waals surface area contributed by atoms with Crippen molar-refractivity contribution in [1.82, 2.24) is 16.0 Å². The molecule has 8 N–H and O–H groups in total. The van der Waals surface area contributed by atoms with E-state index in [9.17, 15) is 24.3 Å². The summed E-state index contributed by atoms with van der Waals surface area (Å²) in [5, 5.41) is 17.0. The monoisotopic (exact) mass is 449 g/mol. The van der Waals surface area contributed by atoms with Crippen molar-refractivity contribution in [1.29, 1.82) is 0 Å². The maximum absolute atomic E-state index is 12.8. The van der Waals surface area contributed by atoms with E-state index in [1.807, 2.05) is 6.07 Å². The number of nitrogens with one attached hydrogen (secondary N) is 3. The zero-order valence-corrected chi connectivity index (χ0v) is 18.7. The van der Waals surface area contributed by atoms with Crippen LogP contribution in [0.15, 0.2) is 30.3 Å². The summed E-state index contributed by atoms with van der Waals surface area (Å²) in [6.07, 6.45) is 1.58. The highest BCUT2D eigenvalue weighted by molar-refractivity contribution is 5.92. The molecule has 0 aliphatic heterocycles. The molecule has 32 heavy (non-hydrogen) atoms. The molecule has 10 heteroatoms. The minimum atomic E-state index is -1.16. The van der Waals surface area contributed by atoms with Gasteiger partial charge in [0.05, 0.1) is 12.6 Å². The lowest BCUT2D eigenvalue weighted by atomic mass is 10.0. The highest BCUT2D eigenvalue weighted by atomic mass is 16.4. The lowest BCUT2D eigenvalue weighted by Gasteiger charge is -2.22. The molecule has 0 aromatic heterocycles. The molecule has 0 heterocycles. The first-order valence-electron chi connectivity index (χ1n) is 10.8. The van der Waals surface area contributed by atoms with Crippen LogP contribution >= 0.6 is 0 Å². The highest BCUT2D eigenvalue weighted by Gasteiger charge is 2.27. The Morgan fingerprint density at radius 3 is 2.19 bits per heavy atom. The van der Waals surface area contributed by atoms with Gasteiger partial charge < -0.3 is 32.5 Å². The number of hydrogen-bond donors (Lipinski definition) is 6. The van der Waals surface area contributed by atoms with Gasteiger partial charge in [-0.25, -0.2) is 4.79 Å². The quantitative estimate of drug-likeness (QED) is 0.208. The molecule has 0 saturated heterocycles. The van der Waals surface area contributed by atoms with Gasteiger partial charge in [-0.05, 0) is 37.3 Å². The lowest BCUT2D eigenvalue weighted by Crippen LogP contribution is -2.54. The second-order valence-corrected chi connectivity index (χ2v) is 7.98. The third-order valence-corrected chi connectivity index (χ3v) is 4.94. The largest absolute Gasteiger partial charge is 0.480 e. The molecule has 1 rings (SSSR count). The van der Waals surface area contributed by atoms with Crippen LogP contribution in [0.1, 0.15) is 38.7 Å². The second-order valence-electron chi connectivity index (χ2n) is 7.98. The number of carboxylic acids is 1. The molecule has 0 radical (unpaired) electrons. The summed E-state index contributed by atoms with van der Waals surface area (Å²) in [5.41, 5.74) is 12.0. The van der Waals surface area contributed by atoms with Gasteiger partial charge >= 0.3 is 5.97 Å². The van der Waals surface area contributed by atoms with Crippen molar-refractivity contribution in [3.63, 3.8) is 0 Å². The van der Waals surface area contributed by atoms with Gasteiger partial charge in [0.15, 0.2) is 0 Å². The first kappa shape index (κ1) is 27.1. The van der Waals surface area contributed by atoms with Crippen molar-refractivity contribution in [2.75, 3.05) is 13.1 Å². The summed E-state index contributed by atoms with van der Waals surface area (Å²) in [6, 6.07) is 6.15. The van der Waals surface area contributed by atoms with E-state index in [-0.39, 0.29) is 25.3 Å². The Hall–Kier alpha value is -2.98. The minimum absolute atomic E-state index is 0.0955. The Morgan fingerprint density at radius 2 is 1.62 bits per heavy atom. The van der Waals surface area contributed by atoms with Crippen LogP contribution < -0.4 is 27.4 Å². The number of benzene rings is 1. The summed E-state index contributed by atoms with van der Waals surface area (Å²) in [4.78, 5) is 48.8. The van der Waals surface area contributed by atoms with E-state index in [4.69, 9.17) is 11.5 Å². The average Bonchev–Trinajstić information content (AvgIpc) is 2.76. The molecule has 10 nitrogen and oxygen atoms in total. The van der Waals surface area contributed by atoms with Gasteiger partial charge in [-0.15, -0.1) is 0 Å². The summed E-state index contributed by atoms with van der Waals surface area (Å²) in [5.74, 6) is -2.92. The Morgan fingerprint density at radius 1 is 0.969 bits per heavy atom. The van der Waals surface area contributed by atoms with Crippen LogP contribution in [0.25, 0.3) is 0 Å². The fraction of sp³-hybridized carbons (Fsp3) is 0.545. The smallest absolute Gasteiger partial charge is 0.326 e. The van der Waals surface area contributed by atoms with E-state index < -0.39 is 41.8 Å². The number of rotatable bonds is 14. The maximum atomic E-state index is 12.8. The molecule has 0 aliphatic rings. The number of unbranched alkanes of at least 4 members (excludes halogenated alkanes) is 1. The Labute approximate surface area is 188 Å². The molecule has 0 saturated carbocycles. The number of carboxylic acid groups (broad SMARTS) is 1. The average molecular weight is 450 g/mol. The first-order chi connectivity index (χ1) is 15.1. The standard InChI is InChI=1S/C22H35N5O5/c1-14(2)19(24)21(30)25-13-18(28)26-17(12-15-8-4-3-5-9-15)20(29)27-16(22(31)32)10-6-7-11-23/h3-5,8-9,14,16-17,19H,6-7,10-13,23-24H2,1-2H3,(H,25,30)(H,26,28)(H,27,29)(H,31,32). The van der Waals surface area contributed by atoms with Crippen molar-refractivity contribution in [2.24, 2.45) is 17.4 Å². The van der Waals surface area contributed by atoms with Crippen molar-refractivity contribution in [3.05, 3.63) is 35.9 Å². The number of amides is 3. The van der Waals surface area contributed by atoms with Gasteiger partial charge in [-0.1, -0.05) is 44.2 Å². The topological polar surface area (TPSA) is 177 Å². The molecule has 0 fully saturated rings.